The molecule has 0 radical (unpaired) electrons. The number of aliphatic hydroxyl groups is 1. The van der Waals surface area contributed by atoms with E-state index >= 15 is 0 Å². The Morgan fingerprint density at radius 1 is 0.810 bits per heavy atom. The first-order valence-corrected chi connectivity index (χ1v) is 5.40. The van der Waals surface area contributed by atoms with E-state index in [-0.39, 0.29) is 11.6 Å². The van der Waals surface area contributed by atoms with Crippen LogP contribution in [0.4, 0.5) is 0 Å². The van der Waals surface area contributed by atoms with Crippen molar-refractivity contribution in [3.05, 3.63) is 24.3 Å². The molecule has 0 aromatic carbocycles. The Labute approximate surface area is 117 Å². The molecular weight excluding hydrogens is 288 g/mol. The molecule has 0 saturated carbocycles. The van der Waals surface area contributed by atoms with Crippen LogP contribution in [0.25, 0.3) is 0 Å². The predicted octanol–water partition coefficient (Wildman–Crippen LogP) is -0.998. The minimum absolute atomic E-state index is 0.121. The zero-order chi connectivity index (χ0) is 16.6. The standard InChI is InChI=1S/C6H8O7.C6H4O2/c7-3(8)1-6(13,5(11)12)2-4(9)10;7-5-1-2-6(8)4-3-5/h13H,1-2H2,(H,7,8)(H,9,10)(H,11,12);1-4H. The summed E-state index contributed by atoms with van der Waals surface area (Å²) in [6.45, 7) is 0. The van der Waals surface area contributed by atoms with Crippen molar-refractivity contribution in [1.29, 1.82) is 0 Å². The van der Waals surface area contributed by atoms with Crippen LogP contribution in [0.1, 0.15) is 12.8 Å². The van der Waals surface area contributed by atoms with Gasteiger partial charge in [0.25, 0.3) is 0 Å². The lowest BCUT2D eigenvalue weighted by molar-refractivity contribution is -0.170. The van der Waals surface area contributed by atoms with E-state index in [4.69, 9.17) is 20.4 Å². The van der Waals surface area contributed by atoms with E-state index in [1.165, 1.54) is 24.3 Å². The maximum Gasteiger partial charge on any atom is 0.336 e. The van der Waals surface area contributed by atoms with Gasteiger partial charge in [0.15, 0.2) is 17.2 Å². The number of carboxylic acid groups (broad SMARTS) is 3. The summed E-state index contributed by atoms with van der Waals surface area (Å²) < 4.78 is 0. The summed E-state index contributed by atoms with van der Waals surface area (Å²) in [6.07, 6.45) is 2.72. The van der Waals surface area contributed by atoms with E-state index in [1.54, 1.807) is 0 Å². The fraction of sp³-hybridized carbons (Fsp3) is 0.250. The minimum atomic E-state index is -2.74. The summed E-state index contributed by atoms with van der Waals surface area (Å²) in [4.78, 5) is 51.1. The lowest BCUT2D eigenvalue weighted by Gasteiger charge is -2.18. The third-order valence-corrected chi connectivity index (χ3v) is 2.11. The zero-order valence-electron chi connectivity index (χ0n) is 10.6. The van der Waals surface area contributed by atoms with Crippen LogP contribution in [-0.2, 0) is 24.0 Å². The maximum absolute atomic E-state index is 10.3. The Balaban J connectivity index is 0.000000423. The Morgan fingerprint density at radius 2 is 1.10 bits per heavy atom. The van der Waals surface area contributed by atoms with E-state index in [9.17, 15) is 24.0 Å². The highest BCUT2D eigenvalue weighted by atomic mass is 16.4. The Bertz CT molecular complexity index is 473. The lowest BCUT2D eigenvalue weighted by atomic mass is 9.96. The monoisotopic (exact) mass is 300 g/mol. The van der Waals surface area contributed by atoms with E-state index in [2.05, 4.69) is 0 Å². The van der Waals surface area contributed by atoms with E-state index < -0.39 is 36.4 Å². The molecule has 1 aliphatic rings. The van der Waals surface area contributed by atoms with E-state index in [0.29, 0.717) is 0 Å². The molecule has 0 fully saturated rings. The van der Waals surface area contributed by atoms with Crippen molar-refractivity contribution in [2.45, 2.75) is 18.4 Å². The van der Waals surface area contributed by atoms with Crippen molar-refractivity contribution in [3.8, 4) is 0 Å². The smallest absolute Gasteiger partial charge is 0.336 e. The van der Waals surface area contributed by atoms with Gasteiger partial charge in [0, 0.05) is 0 Å². The van der Waals surface area contributed by atoms with Gasteiger partial charge >= 0.3 is 17.9 Å². The molecule has 0 saturated heterocycles. The normalized spacial score (nSPS) is 13.4. The van der Waals surface area contributed by atoms with Crippen LogP contribution in [0.3, 0.4) is 0 Å². The Hall–Kier alpha value is -2.81. The average molecular weight is 300 g/mol. The first-order chi connectivity index (χ1) is 9.56. The van der Waals surface area contributed by atoms with Crippen LogP contribution < -0.4 is 0 Å². The molecule has 0 atom stereocenters. The molecule has 0 aliphatic heterocycles. The van der Waals surface area contributed by atoms with Crippen molar-refractivity contribution < 1.29 is 44.4 Å². The van der Waals surface area contributed by atoms with Crippen LogP contribution in [0.5, 0.6) is 0 Å². The number of aliphatic carboxylic acids is 3. The fourth-order valence-electron chi connectivity index (χ4n) is 1.15. The lowest BCUT2D eigenvalue weighted by Crippen LogP contribution is -2.42. The highest BCUT2D eigenvalue weighted by Crippen LogP contribution is 2.15. The molecule has 9 heteroatoms. The SMILES string of the molecule is O=C(O)CC(O)(CC(=O)O)C(=O)O.O=C1C=CC(=O)C=C1. The zero-order valence-corrected chi connectivity index (χ0v) is 10.6. The highest BCUT2D eigenvalue weighted by Gasteiger charge is 2.40. The fourth-order valence-corrected chi connectivity index (χ4v) is 1.15. The van der Waals surface area contributed by atoms with Gasteiger partial charge in [-0.3, -0.25) is 19.2 Å². The Morgan fingerprint density at radius 3 is 1.29 bits per heavy atom. The molecular formula is C12H12O9. The minimum Gasteiger partial charge on any atom is -0.481 e. The van der Waals surface area contributed by atoms with E-state index in [0.717, 1.165) is 0 Å². The van der Waals surface area contributed by atoms with Crippen molar-refractivity contribution >= 4 is 29.5 Å². The molecule has 0 heterocycles. The van der Waals surface area contributed by atoms with Gasteiger partial charge in [-0.1, -0.05) is 0 Å². The first-order valence-electron chi connectivity index (χ1n) is 5.40. The third kappa shape index (κ3) is 7.38. The molecule has 4 N–H and O–H groups in total. The molecule has 21 heavy (non-hydrogen) atoms. The molecule has 9 nitrogen and oxygen atoms in total. The third-order valence-electron chi connectivity index (χ3n) is 2.11. The first kappa shape index (κ1) is 18.2. The number of ketones is 2. The van der Waals surface area contributed by atoms with Crippen molar-refractivity contribution in [3.63, 3.8) is 0 Å². The maximum atomic E-state index is 10.3. The van der Waals surface area contributed by atoms with Gasteiger partial charge in [-0.15, -0.1) is 0 Å². The predicted molar refractivity (Wildman–Crippen MR) is 65.4 cm³/mol. The molecule has 0 aromatic rings. The summed E-state index contributed by atoms with van der Waals surface area (Å²) >= 11 is 0. The van der Waals surface area contributed by atoms with Gasteiger partial charge in [0.1, 0.15) is 0 Å². The van der Waals surface area contributed by atoms with Crippen molar-refractivity contribution in [2.24, 2.45) is 0 Å². The summed E-state index contributed by atoms with van der Waals surface area (Å²) in [6, 6.07) is 0. The largest absolute Gasteiger partial charge is 0.481 e. The number of carbonyl (C=O) groups excluding carboxylic acids is 2. The van der Waals surface area contributed by atoms with Gasteiger partial charge in [0.05, 0.1) is 12.8 Å². The number of carboxylic acids is 3. The van der Waals surface area contributed by atoms with Crippen molar-refractivity contribution in [2.75, 3.05) is 0 Å². The molecule has 0 aromatic heterocycles. The number of rotatable bonds is 5. The van der Waals surface area contributed by atoms with Crippen LogP contribution in [0.2, 0.25) is 0 Å². The second-order valence-electron chi connectivity index (χ2n) is 3.95. The summed E-state index contributed by atoms with van der Waals surface area (Å²) in [7, 11) is 0. The molecule has 0 spiro atoms. The van der Waals surface area contributed by atoms with E-state index in [1.807, 2.05) is 0 Å². The number of allylic oxidation sites excluding steroid dienone is 4. The van der Waals surface area contributed by atoms with Crippen LogP contribution in [-0.4, -0.2) is 55.5 Å². The van der Waals surface area contributed by atoms with Gasteiger partial charge in [-0.25, -0.2) is 4.79 Å². The Kier molecular flexibility index (Phi) is 6.67. The van der Waals surface area contributed by atoms with Crippen molar-refractivity contribution in [1.82, 2.24) is 0 Å². The summed E-state index contributed by atoms with van der Waals surface area (Å²) in [5.74, 6) is -5.26. The quantitative estimate of drug-likeness (QED) is 0.465. The molecule has 0 bridgehead atoms. The number of hydrogen-bond donors (Lipinski definition) is 4. The van der Waals surface area contributed by atoms with Gasteiger partial charge in [0.2, 0.25) is 0 Å². The average Bonchev–Trinajstić information content (AvgIpc) is 2.31. The van der Waals surface area contributed by atoms with Crippen LogP contribution >= 0.6 is 0 Å². The number of carbonyl (C=O) groups is 5. The second-order valence-corrected chi connectivity index (χ2v) is 3.95. The van der Waals surface area contributed by atoms with Gasteiger partial charge < -0.3 is 20.4 Å². The molecule has 0 unspecified atom stereocenters. The van der Waals surface area contributed by atoms with Gasteiger partial charge in [-0.2, -0.15) is 0 Å². The van der Waals surface area contributed by atoms with Crippen LogP contribution in [0.15, 0.2) is 24.3 Å². The summed E-state index contributed by atoms with van der Waals surface area (Å²) in [5.41, 5.74) is -2.74. The molecule has 114 valence electrons. The molecule has 0 amide bonds. The summed E-state index contributed by atoms with van der Waals surface area (Å²) in [5, 5.41) is 33.8. The second kappa shape index (κ2) is 7.70. The molecule has 1 aliphatic carbocycles. The molecule has 1 rings (SSSR count). The highest BCUT2D eigenvalue weighted by molar-refractivity contribution is 6.14. The van der Waals surface area contributed by atoms with Gasteiger partial charge in [-0.05, 0) is 24.3 Å². The topological polar surface area (TPSA) is 166 Å². The number of hydrogen-bond acceptors (Lipinski definition) is 6. The van der Waals surface area contributed by atoms with Crippen LogP contribution in [0, 0.1) is 0 Å².